The van der Waals surface area contributed by atoms with E-state index in [1.54, 1.807) is 6.07 Å². The Bertz CT molecular complexity index is 406. The van der Waals surface area contributed by atoms with Crippen LogP contribution in [0, 0.1) is 10.1 Å². The molecule has 1 atom stereocenters. The molecule has 0 amide bonds. The van der Waals surface area contributed by atoms with E-state index in [0.29, 0.717) is 10.6 Å². The van der Waals surface area contributed by atoms with Crippen molar-refractivity contribution in [3.8, 4) is 0 Å². The zero-order valence-corrected chi connectivity index (χ0v) is 8.12. The van der Waals surface area contributed by atoms with Crippen molar-refractivity contribution in [3.63, 3.8) is 0 Å². The van der Waals surface area contributed by atoms with Gasteiger partial charge in [0, 0.05) is 17.1 Å². The van der Waals surface area contributed by atoms with Gasteiger partial charge in [-0.25, -0.2) is 0 Å². The quantitative estimate of drug-likeness (QED) is 0.573. The lowest BCUT2D eigenvalue weighted by molar-refractivity contribution is -0.385. The lowest BCUT2D eigenvalue weighted by atomic mass is 10.1. The molecule has 0 spiro atoms. The van der Waals surface area contributed by atoms with Crippen LogP contribution in [-0.2, 0) is 6.42 Å². The van der Waals surface area contributed by atoms with Crippen molar-refractivity contribution in [2.45, 2.75) is 18.9 Å². The van der Waals surface area contributed by atoms with Crippen molar-refractivity contribution in [1.29, 1.82) is 0 Å². The summed E-state index contributed by atoms with van der Waals surface area (Å²) in [5.41, 5.74) is 7.34. The van der Waals surface area contributed by atoms with Crippen molar-refractivity contribution in [2.24, 2.45) is 5.73 Å². The summed E-state index contributed by atoms with van der Waals surface area (Å²) >= 11 is 5.93. The molecular formula is C9H9ClN2O2. The van der Waals surface area contributed by atoms with Crippen LogP contribution in [0.5, 0.6) is 0 Å². The van der Waals surface area contributed by atoms with E-state index < -0.39 is 4.92 Å². The molecule has 1 unspecified atom stereocenters. The minimum Gasteiger partial charge on any atom is -0.324 e. The van der Waals surface area contributed by atoms with Crippen LogP contribution < -0.4 is 5.73 Å². The Balaban J connectivity index is 2.66. The second-order valence-corrected chi connectivity index (χ2v) is 3.77. The molecule has 0 radical (unpaired) electrons. The van der Waals surface area contributed by atoms with Crippen LogP contribution in [0.4, 0.5) is 5.69 Å². The minimum absolute atomic E-state index is 0.0920. The highest BCUT2D eigenvalue weighted by molar-refractivity contribution is 6.31. The van der Waals surface area contributed by atoms with Crippen molar-refractivity contribution in [2.75, 3.05) is 0 Å². The predicted octanol–water partition coefficient (Wildman–Crippen LogP) is 2.19. The minimum atomic E-state index is -0.402. The van der Waals surface area contributed by atoms with Gasteiger partial charge in [0.05, 0.1) is 10.5 Å². The van der Waals surface area contributed by atoms with E-state index in [4.69, 9.17) is 17.3 Å². The Kier molecular flexibility index (Phi) is 2.17. The predicted molar refractivity (Wildman–Crippen MR) is 53.4 cm³/mol. The van der Waals surface area contributed by atoms with Crippen LogP contribution in [0.25, 0.3) is 0 Å². The summed E-state index contributed by atoms with van der Waals surface area (Å²) in [7, 11) is 0. The van der Waals surface area contributed by atoms with Gasteiger partial charge >= 0.3 is 0 Å². The number of rotatable bonds is 1. The fourth-order valence-corrected chi connectivity index (χ4v) is 2.16. The summed E-state index contributed by atoms with van der Waals surface area (Å²) in [6.07, 6.45) is 1.47. The smallest absolute Gasteiger partial charge is 0.274 e. The van der Waals surface area contributed by atoms with Gasteiger partial charge in [0.25, 0.3) is 5.69 Å². The average Bonchev–Trinajstić information content (AvgIpc) is 2.50. The van der Waals surface area contributed by atoms with E-state index in [-0.39, 0.29) is 11.7 Å². The van der Waals surface area contributed by atoms with Gasteiger partial charge in [-0.15, -0.1) is 0 Å². The van der Waals surface area contributed by atoms with E-state index in [1.807, 2.05) is 0 Å². The molecule has 4 nitrogen and oxygen atoms in total. The Hall–Kier alpha value is -1.13. The monoisotopic (exact) mass is 212 g/mol. The first kappa shape index (κ1) is 9.43. The van der Waals surface area contributed by atoms with Crippen LogP contribution in [0.15, 0.2) is 12.1 Å². The number of nitro benzene ring substituents is 1. The van der Waals surface area contributed by atoms with E-state index in [9.17, 15) is 10.1 Å². The molecule has 0 aliphatic heterocycles. The van der Waals surface area contributed by atoms with Gasteiger partial charge in [-0.05, 0) is 24.5 Å². The van der Waals surface area contributed by atoms with Crippen molar-refractivity contribution >= 4 is 17.3 Å². The lowest BCUT2D eigenvalue weighted by Gasteiger charge is -2.06. The highest BCUT2D eigenvalue weighted by Gasteiger charge is 2.29. The first-order chi connectivity index (χ1) is 6.61. The maximum atomic E-state index is 10.7. The molecule has 14 heavy (non-hydrogen) atoms. The third kappa shape index (κ3) is 1.27. The molecule has 0 saturated heterocycles. The number of fused-ring (bicyclic) bond motifs is 1. The Morgan fingerprint density at radius 1 is 1.57 bits per heavy atom. The van der Waals surface area contributed by atoms with Gasteiger partial charge in [0.15, 0.2) is 0 Å². The maximum absolute atomic E-state index is 10.7. The zero-order valence-electron chi connectivity index (χ0n) is 7.37. The lowest BCUT2D eigenvalue weighted by Crippen LogP contribution is -2.08. The van der Waals surface area contributed by atoms with Gasteiger partial charge < -0.3 is 5.73 Å². The molecule has 0 saturated carbocycles. The third-order valence-corrected chi connectivity index (χ3v) is 2.90. The van der Waals surface area contributed by atoms with Crippen molar-refractivity contribution in [3.05, 3.63) is 38.4 Å². The second-order valence-electron chi connectivity index (χ2n) is 3.36. The van der Waals surface area contributed by atoms with Gasteiger partial charge in [-0.1, -0.05) is 11.6 Å². The van der Waals surface area contributed by atoms with Crippen LogP contribution in [0.3, 0.4) is 0 Å². The SMILES string of the molecule is NC1CCc2c(Cl)ccc([N+](=O)[O-])c21. The van der Waals surface area contributed by atoms with E-state index in [0.717, 1.165) is 18.4 Å². The van der Waals surface area contributed by atoms with Gasteiger partial charge in [0.2, 0.25) is 0 Å². The number of nitro groups is 1. The Morgan fingerprint density at radius 3 is 2.93 bits per heavy atom. The molecule has 74 valence electrons. The topological polar surface area (TPSA) is 69.2 Å². The fourth-order valence-electron chi connectivity index (χ4n) is 1.90. The van der Waals surface area contributed by atoms with Crippen LogP contribution in [-0.4, -0.2) is 4.92 Å². The number of benzene rings is 1. The second kappa shape index (κ2) is 3.22. The number of hydrogen-bond acceptors (Lipinski definition) is 3. The number of hydrogen-bond donors (Lipinski definition) is 1. The normalized spacial score (nSPS) is 19.4. The summed E-state index contributed by atoms with van der Waals surface area (Å²) in [4.78, 5) is 10.3. The Morgan fingerprint density at radius 2 is 2.29 bits per heavy atom. The van der Waals surface area contributed by atoms with E-state index >= 15 is 0 Å². The van der Waals surface area contributed by atoms with Gasteiger partial charge in [0.1, 0.15) is 0 Å². The molecule has 1 aliphatic carbocycles. The van der Waals surface area contributed by atoms with Gasteiger partial charge in [-0.2, -0.15) is 0 Å². The first-order valence-corrected chi connectivity index (χ1v) is 4.70. The average molecular weight is 213 g/mol. The molecule has 0 aromatic heterocycles. The summed E-state index contributed by atoms with van der Waals surface area (Å²) in [6, 6.07) is 2.74. The number of halogens is 1. The summed E-state index contributed by atoms with van der Waals surface area (Å²) in [6.45, 7) is 0. The molecule has 0 bridgehead atoms. The third-order valence-electron chi connectivity index (χ3n) is 2.55. The highest BCUT2D eigenvalue weighted by atomic mass is 35.5. The van der Waals surface area contributed by atoms with Gasteiger partial charge in [-0.3, -0.25) is 10.1 Å². The van der Waals surface area contributed by atoms with Crippen LogP contribution in [0.2, 0.25) is 5.02 Å². The Labute approximate surface area is 85.8 Å². The summed E-state index contributed by atoms with van der Waals surface area (Å²) < 4.78 is 0. The standard InChI is InChI=1S/C9H9ClN2O2/c10-6-2-4-8(12(13)14)9-5(6)1-3-7(9)11/h2,4,7H,1,3,11H2. The number of nitrogens with two attached hydrogens (primary N) is 1. The van der Waals surface area contributed by atoms with Crippen molar-refractivity contribution in [1.82, 2.24) is 0 Å². The summed E-state index contributed by atoms with van der Waals surface area (Å²) in [5.74, 6) is 0. The molecule has 5 heteroatoms. The van der Waals surface area contributed by atoms with Crippen molar-refractivity contribution < 1.29 is 4.92 Å². The first-order valence-electron chi connectivity index (χ1n) is 4.32. The highest BCUT2D eigenvalue weighted by Crippen LogP contribution is 2.39. The molecule has 0 heterocycles. The van der Waals surface area contributed by atoms with Crippen LogP contribution in [0.1, 0.15) is 23.6 Å². The number of nitrogens with zero attached hydrogens (tertiary/aromatic N) is 1. The van der Waals surface area contributed by atoms with Crippen LogP contribution >= 0.6 is 11.6 Å². The molecule has 1 aliphatic rings. The molecule has 2 N–H and O–H groups in total. The molecule has 1 aromatic rings. The molecular weight excluding hydrogens is 204 g/mol. The summed E-state index contributed by atoms with van der Waals surface area (Å²) in [5, 5.41) is 11.3. The van der Waals surface area contributed by atoms with E-state index in [1.165, 1.54) is 6.07 Å². The molecule has 2 rings (SSSR count). The fraction of sp³-hybridized carbons (Fsp3) is 0.333. The zero-order chi connectivity index (χ0) is 10.3. The molecule has 1 aromatic carbocycles. The largest absolute Gasteiger partial charge is 0.324 e. The maximum Gasteiger partial charge on any atom is 0.274 e. The van der Waals surface area contributed by atoms with E-state index in [2.05, 4.69) is 0 Å². The molecule has 0 fully saturated rings.